The van der Waals surface area contributed by atoms with Crippen molar-refractivity contribution in [2.24, 2.45) is 0 Å². The van der Waals surface area contributed by atoms with Gasteiger partial charge in [-0.3, -0.25) is 9.05 Å². The van der Waals surface area contributed by atoms with Gasteiger partial charge in [0.2, 0.25) is 0 Å². The van der Waals surface area contributed by atoms with E-state index in [1.54, 1.807) is 26.0 Å². The second kappa shape index (κ2) is 18.6. The lowest BCUT2D eigenvalue weighted by molar-refractivity contribution is -0.138. The third-order valence-corrected chi connectivity index (χ3v) is 4.70. The molecular formula is C20H35O8P. The summed E-state index contributed by atoms with van der Waals surface area (Å²) in [7, 11) is -4.01. The van der Waals surface area contributed by atoms with Crippen LogP contribution in [0.3, 0.4) is 0 Å². The molecule has 8 nitrogen and oxygen atoms in total. The van der Waals surface area contributed by atoms with Crippen LogP contribution in [-0.4, -0.2) is 43.3 Å². The van der Waals surface area contributed by atoms with Crippen LogP contribution < -0.4 is 0 Å². The molecule has 29 heavy (non-hydrogen) atoms. The zero-order valence-electron chi connectivity index (χ0n) is 17.5. The fourth-order valence-electron chi connectivity index (χ4n) is 2.23. The van der Waals surface area contributed by atoms with Gasteiger partial charge < -0.3 is 14.4 Å². The summed E-state index contributed by atoms with van der Waals surface area (Å²) in [5.74, 6) is -0.691. The Balaban J connectivity index is 3.50. The van der Waals surface area contributed by atoms with Crippen molar-refractivity contribution in [1.29, 1.82) is 0 Å². The van der Waals surface area contributed by atoms with Gasteiger partial charge >= 0.3 is 19.8 Å². The molecule has 0 aliphatic rings. The zero-order valence-corrected chi connectivity index (χ0v) is 18.4. The molecule has 0 bridgehead atoms. The fraction of sp³-hybridized carbons (Fsp3) is 0.700. The first-order chi connectivity index (χ1) is 13.9. The van der Waals surface area contributed by atoms with Crippen molar-refractivity contribution in [2.45, 2.75) is 65.2 Å². The fourth-order valence-corrected chi connectivity index (χ4v) is 3.02. The standard InChI is InChI=1S/C20H35O8P/c1-3-13-19(21)25-15-9-5-7-11-17-27-29(23,24)28-18-12-8-6-10-16-26-20(22)14-4-2/h3-4,13-14H,5-12,15-18H2,1-2H3,(H,23,24)/b13-3+,14-4+. The maximum atomic E-state index is 11.7. The minimum absolute atomic E-state index is 0.143. The second-order valence-corrected chi connectivity index (χ2v) is 7.75. The summed E-state index contributed by atoms with van der Waals surface area (Å²) >= 11 is 0. The van der Waals surface area contributed by atoms with Crippen LogP contribution >= 0.6 is 7.82 Å². The smallest absolute Gasteiger partial charge is 0.463 e. The predicted molar refractivity (Wildman–Crippen MR) is 110 cm³/mol. The number of rotatable bonds is 18. The Morgan fingerprint density at radius 3 is 1.38 bits per heavy atom. The Morgan fingerprint density at radius 1 is 0.690 bits per heavy atom. The lowest BCUT2D eigenvalue weighted by Crippen LogP contribution is -2.03. The molecule has 0 saturated heterocycles. The monoisotopic (exact) mass is 434 g/mol. The molecule has 0 fully saturated rings. The summed E-state index contributed by atoms with van der Waals surface area (Å²) in [5, 5.41) is 0. The quantitative estimate of drug-likeness (QED) is 0.146. The first-order valence-corrected chi connectivity index (χ1v) is 11.6. The molecule has 0 spiro atoms. The topological polar surface area (TPSA) is 108 Å². The number of ether oxygens (including phenoxy) is 2. The Bertz CT molecular complexity index is 501. The number of carbonyl (C=O) groups excluding carboxylic acids is 2. The Morgan fingerprint density at radius 2 is 1.03 bits per heavy atom. The van der Waals surface area contributed by atoms with Gasteiger partial charge in [-0.1, -0.05) is 25.0 Å². The minimum atomic E-state index is -4.01. The number of phosphoric ester groups is 1. The SMILES string of the molecule is C/C=C/C(=O)OCCCCCCOP(=O)(O)OCCCCCCOC(=O)/C=C/C. The molecule has 0 aliphatic carbocycles. The summed E-state index contributed by atoms with van der Waals surface area (Å²) in [6.07, 6.45) is 12.0. The van der Waals surface area contributed by atoms with E-state index in [9.17, 15) is 19.0 Å². The highest BCUT2D eigenvalue weighted by molar-refractivity contribution is 7.47. The first kappa shape index (κ1) is 27.5. The van der Waals surface area contributed by atoms with E-state index in [1.807, 2.05) is 0 Å². The molecule has 1 N–H and O–H groups in total. The molecule has 0 unspecified atom stereocenters. The van der Waals surface area contributed by atoms with Crippen molar-refractivity contribution < 1.29 is 37.6 Å². The molecule has 9 heteroatoms. The molecule has 0 saturated carbocycles. The molecule has 0 aromatic carbocycles. The van der Waals surface area contributed by atoms with E-state index in [0.717, 1.165) is 38.5 Å². The highest BCUT2D eigenvalue weighted by Crippen LogP contribution is 2.43. The van der Waals surface area contributed by atoms with Crippen LogP contribution in [-0.2, 0) is 32.7 Å². The molecule has 0 aromatic rings. The molecule has 0 heterocycles. The van der Waals surface area contributed by atoms with E-state index in [0.29, 0.717) is 26.1 Å². The Kier molecular flexibility index (Phi) is 17.6. The average molecular weight is 434 g/mol. The highest BCUT2D eigenvalue weighted by atomic mass is 31.2. The van der Waals surface area contributed by atoms with Crippen LogP contribution in [0.15, 0.2) is 24.3 Å². The predicted octanol–water partition coefficient (Wildman–Crippen LogP) is 4.48. The summed E-state index contributed by atoms with van der Waals surface area (Å²) in [6, 6.07) is 0. The van der Waals surface area contributed by atoms with Crippen molar-refractivity contribution in [3.05, 3.63) is 24.3 Å². The van der Waals surface area contributed by atoms with Gasteiger partial charge in [-0.15, -0.1) is 0 Å². The van der Waals surface area contributed by atoms with E-state index in [1.165, 1.54) is 12.2 Å². The van der Waals surface area contributed by atoms with Gasteiger partial charge in [-0.25, -0.2) is 14.2 Å². The summed E-state index contributed by atoms with van der Waals surface area (Å²) < 4.78 is 31.5. The van der Waals surface area contributed by atoms with E-state index in [2.05, 4.69) is 0 Å². The number of allylic oxidation sites excluding steroid dienone is 2. The minimum Gasteiger partial charge on any atom is -0.463 e. The van der Waals surface area contributed by atoms with Crippen molar-refractivity contribution in [3.63, 3.8) is 0 Å². The highest BCUT2D eigenvalue weighted by Gasteiger charge is 2.19. The van der Waals surface area contributed by atoms with Gasteiger partial charge in [-0.05, 0) is 52.4 Å². The van der Waals surface area contributed by atoms with Crippen molar-refractivity contribution in [1.82, 2.24) is 0 Å². The van der Waals surface area contributed by atoms with E-state index < -0.39 is 7.82 Å². The molecular weight excluding hydrogens is 399 g/mol. The average Bonchev–Trinajstić information content (AvgIpc) is 2.66. The summed E-state index contributed by atoms with van der Waals surface area (Å²) in [4.78, 5) is 31.8. The zero-order chi connectivity index (χ0) is 21.8. The molecule has 0 rings (SSSR count). The van der Waals surface area contributed by atoms with E-state index >= 15 is 0 Å². The van der Waals surface area contributed by atoms with Gasteiger partial charge in [0.1, 0.15) is 0 Å². The third-order valence-electron chi connectivity index (χ3n) is 3.68. The van der Waals surface area contributed by atoms with Gasteiger partial charge in [0, 0.05) is 12.2 Å². The number of carbonyl (C=O) groups is 2. The lowest BCUT2D eigenvalue weighted by Gasteiger charge is -2.12. The number of phosphoric acid groups is 1. The summed E-state index contributed by atoms with van der Waals surface area (Å²) in [5.41, 5.74) is 0. The summed E-state index contributed by atoms with van der Waals surface area (Å²) in [6.45, 7) is 4.51. The maximum Gasteiger partial charge on any atom is 0.472 e. The Hall–Kier alpha value is -1.47. The van der Waals surface area contributed by atoms with Crippen molar-refractivity contribution >= 4 is 19.8 Å². The maximum absolute atomic E-state index is 11.7. The molecule has 0 radical (unpaired) electrons. The molecule has 168 valence electrons. The van der Waals surface area contributed by atoms with Crippen LogP contribution in [0.25, 0.3) is 0 Å². The Labute approximate surface area is 173 Å². The molecule has 0 aromatic heterocycles. The van der Waals surface area contributed by atoms with Gasteiger partial charge in [0.25, 0.3) is 0 Å². The third kappa shape index (κ3) is 19.6. The molecule has 0 atom stereocenters. The van der Waals surface area contributed by atoms with Crippen molar-refractivity contribution in [2.75, 3.05) is 26.4 Å². The number of unbranched alkanes of at least 4 members (excludes halogenated alkanes) is 6. The normalized spacial score (nSPS) is 12.0. The van der Waals surface area contributed by atoms with E-state index in [4.69, 9.17) is 18.5 Å². The number of hydrogen-bond acceptors (Lipinski definition) is 7. The lowest BCUT2D eigenvalue weighted by atomic mass is 10.2. The molecule has 0 aliphatic heterocycles. The number of hydrogen-bond donors (Lipinski definition) is 1. The van der Waals surface area contributed by atoms with Crippen LogP contribution in [0.4, 0.5) is 0 Å². The van der Waals surface area contributed by atoms with E-state index in [-0.39, 0.29) is 25.2 Å². The van der Waals surface area contributed by atoms with Crippen LogP contribution in [0.5, 0.6) is 0 Å². The van der Waals surface area contributed by atoms with Gasteiger partial charge in [0.15, 0.2) is 0 Å². The molecule has 0 amide bonds. The second-order valence-electron chi connectivity index (χ2n) is 6.30. The van der Waals surface area contributed by atoms with Crippen LogP contribution in [0.1, 0.15) is 65.2 Å². The van der Waals surface area contributed by atoms with Gasteiger partial charge in [0.05, 0.1) is 26.4 Å². The first-order valence-electron chi connectivity index (χ1n) is 10.1. The van der Waals surface area contributed by atoms with Crippen LogP contribution in [0.2, 0.25) is 0 Å². The van der Waals surface area contributed by atoms with Gasteiger partial charge in [-0.2, -0.15) is 0 Å². The van der Waals surface area contributed by atoms with Crippen LogP contribution in [0, 0.1) is 0 Å². The number of esters is 2. The van der Waals surface area contributed by atoms with Crippen molar-refractivity contribution in [3.8, 4) is 0 Å². The largest absolute Gasteiger partial charge is 0.472 e.